The quantitative estimate of drug-likeness (QED) is 0.434. The monoisotopic (exact) mass is 430 g/mol. The third-order valence-electron chi connectivity index (χ3n) is 3.71. The van der Waals surface area contributed by atoms with Crippen LogP contribution in [0.25, 0.3) is 22.9 Å². The summed E-state index contributed by atoms with van der Waals surface area (Å²) < 4.78 is 24.0. The summed E-state index contributed by atoms with van der Waals surface area (Å²) in [6.07, 6.45) is 3.05. The lowest BCUT2D eigenvalue weighted by Gasteiger charge is -2.07. The molecule has 0 spiro atoms. The predicted octanol–water partition coefficient (Wildman–Crippen LogP) is 4.91. The molecule has 0 fully saturated rings. The minimum atomic E-state index is -0.555. The molecule has 0 unspecified atom stereocenters. The average Bonchev–Trinajstić information content (AvgIpc) is 3.43. The van der Waals surface area contributed by atoms with Gasteiger partial charge in [0.05, 0.1) is 23.3 Å². The minimum Gasteiger partial charge on any atom is -0.463 e. The number of anilines is 1. The Hall–Kier alpha value is -3.17. The summed E-state index contributed by atoms with van der Waals surface area (Å²) in [4.78, 5) is 16.6. The molecule has 0 aliphatic carbocycles. The van der Waals surface area contributed by atoms with Crippen LogP contribution in [0.15, 0.2) is 69.0 Å². The van der Waals surface area contributed by atoms with Crippen LogP contribution in [0.2, 0.25) is 5.02 Å². The molecule has 0 bridgehead atoms. The molecule has 4 aromatic rings. The molecule has 0 aliphatic heterocycles. The standard InChI is InChI=1S/C19H12ClFN4O3S/c20-12-9-11(5-6-13(12)21)22-16(26)10-29-19-23-17(14-3-1-7-27-14)18(24-25-19)15-4-2-8-28-15/h1-9H,10H2,(H,22,26). The zero-order chi connectivity index (χ0) is 20.2. The van der Waals surface area contributed by atoms with E-state index in [1.165, 1.54) is 30.7 Å². The highest BCUT2D eigenvalue weighted by Gasteiger charge is 2.18. The van der Waals surface area contributed by atoms with Gasteiger partial charge in [-0.2, -0.15) is 0 Å². The molecule has 3 heterocycles. The van der Waals surface area contributed by atoms with Gasteiger partial charge >= 0.3 is 0 Å². The maximum atomic E-state index is 13.2. The van der Waals surface area contributed by atoms with E-state index in [1.54, 1.807) is 24.3 Å². The van der Waals surface area contributed by atoms with Crippen molar-refractivity contribution in [3.05, 3.63) is 65.8 Å². The molecule has 1 amide bonds. The average molecular weight is 431 g/mol. The van der Waals surface area contributed by atoms with Gasteiger partial charge in [0.1, 0.15) is 11.5 Å². The SMILES string of the molecule is O=C(CSc1nnc(-c2ccco2)c(-c2ccco2)n1)Nc1ccc(F)c(Cl)c1. The first-order valence-corrected chi connectivity index (χ1v) is 9.66. The van der Waals surface area contributed by atoms with Crippen LogP contribution in [0.4, 0.5) is 10.1 Å². The van der Waals surface area contributed by atoms with E-state index in [-0.39, 0.29) is 16.7 Å². The lowest BCUT2D eigenvalue weighted by molar-refractivity contribution is -0.113. The number of benzene rings is 1. The number of hydrogen-bond acceptors (Lipinski definition) is 7. The Balaban J connectivity index is 1.49. The lowest BCUT2D eigenvalue weighted by atomic mass is 10.2. The number of thioether (sulfide) groups is 1. The molecule has 0 atom stereocenters. The highest BCUT2D eigenvalue weighted by Crippen LogP contribution is 2.30. The van der Waals surface area contributed by atoms with Crippen LogP contribution in [-0.4, -0.2) is 26.8 Å². The first kappa shape index (κ1) is 19.2. The van der Waals surface area contributed by atoms with Crippen molar-refractivity contribution < 1.29 is 18.0 Å². The van der Waals surface area contributed by atoms with Gasteiger partial charge in [0.2, 0.25) is 11.1 Å². The van der Waals surface area contributed by atoms with Crippen molar-refractivity contribution in [3.8, 4) is 22.9 Å². The molecule has 0 saturated carbocycles. The number of carbonyl (C=O) groups is 1. The number of aromatic nitrogens is 3. The first-order valence-electron chi connectivity index (χ1n) is 8.30. The maximum absolute atomic E-state index is 13.2. The number of hydrogen-bond donors (Lipinski definition) is 1. The topological polar surface area (TPSA) is 94.0 Å². The molecule has 1 N–H and O–H groups in total. The number of amides is 1. The maximum Gasteiger partial charge on any atom is 0.234 e. The molecule has 4 rings (SSSR count). The van der Waals surface area contributed by atoms with Crippen molar-refractivity contribution in [2.75, 3.05) is 11.1 Å². The first-order chi connectivity index (χ1) is 14.1. The largest absolute Gasteiger partial charge is 0.463 e. The van der Waals surface area contributed by atoms with Gasteiger partial charge in [0.25, 0.3) is 0 Å². The van der Waals surface area contributed by atoms with Crippen LogP contribution in [0.3, 0.4) is 0 Å². The number of halogens is 2. The number of carbonyl (C=O) groups excluding carboxylic acids is 1. The van der Waals surface area contributed by atoms with E-state index in [0.717, 1.165) is 11.8 Å². The molecular weight excluding hydrogens is 419 g/mol. The van der Waals surface area contributed by atoms with Crippen molar-refractivity contribution in [1.29, 1.82) is 0 Å². The molecule has 0 radical (unpaired) electrons. The highest BCUT2D eigenvalue weighted by molar-refractivity contribution is 7.99. The third kappa shape index (κ3) is 4.47. The number of nitrogens with one attached hydrogen (secondary N) is 1. The lowest BCUT2D eigenvalue weighted by Crippen LogP contribution is -2.14. The van der Waals surface area contributed by atoms with Gasteiger partial charge < -0.3 is 14.2 Å². The third-order valence-corrected chi connectivity index (χ3v) is 4.84. The fraction of sp³-hybridized carbons (Fsp3) is 0.0526. The normalized spacial score (nSPS) is 10.8. The van der Waals surface area contributed by atoms with E-state index in [2.05, 4.69) is 20.5 Å². The van der Waals surface area contributed by atoms with Crippen LogP contribution in [0.1, 0.15) is 0 Å². The van der Waals surface area contributed by atoms with Crippen molar-refractivity contribution in [1.82, 2.24) is 15.2 Å². The van der Waals surface area contributed by atoms with Gasteiger partial charge in [0.15, 0.2) is 17.2 Å². The van der Waals surface area contributed by atoms with Gasteiger partial charge in [-0.1, -0.05) is 23.4 Å². The number of nitrogens with zero attached hydrogens (tertiary/aromatic N) is 3. The molecule has 10 heteroatoms. The summed E-state index contributed by atoms with van der Waals surface area (Å²) in [6.45, 7) is 0. The van der Waals surface area contributed by atoms with Gasteiger partial charge in [-0.3, -0.25) is 4.79 Å². The van der Waals surface area contributed by atoms with E-state index in [4.69, 9.17) is 20.4 Å². The molecule has 146 valence electrons. The molecule has 3 aromatic heterocycles. The second-order valence-corrected chi connectivity index (χ2v) is 7.06. The zero-order valence-electron chi connectivity index (χ0n) is 14.6. The van der Waals surface area contributed by atoms with Crippen LogP contribution in [-0.2, 0) is 4.79 Å². The highest BCUT2D eigenvalue weighted by atomic mass is 35.5. The van der Waals surface area contributed by atoms with Crippen molar-refractivity contribution in [2.24, 2.45) is 0 Å². The Morgan fingerprint density at radius 2 is 1.79 bits per heavy atom. The Morgan fingerprint density at radius 3 is 2.45 bits per heavy atom. The molecule has 1 aromatic carbocycles. The van der Waals surface area contributed by atoms with E-state index in [0.29, 0.717) is 33.8 Å². The van der Waals surface area contributed by atoms with Crippen molar-refractivity contribution in [3.63, 3.8) is 0 Å². The number of furan rings is 2. The minimum absolute atomic E-state index is 0.0222. The smallest absolute Gasteiger partial charge is 0.234 e. The molecule has 7 nitrogen and oxygen atoms in total. The van der Waals surface area contributed by atoms with E-state index in [9.17, 15) is 9.18 Å². The summed E-state index contributed by atoms with van der Waals surface area (Å²) in [7, 11) is 0. The second kappa shape index (κ2) is 8.46. The summed E-state index contributed by atoms with van der Waals surface area (Å²) in [5.74, 6) is 0.142. The van der Waals surface area contributed by atoms with Crippen molar-refractivity contribution >= 4 is 35.0 Å². The summed E-state index contributed by atoms with van der Waals surface area (Å²) in [5.41, 5.74) is 1.28. The molecule has 29 heavy (non-hydrogen) atoms. The Labute approximate surface area is 173 Å². The Bertz CT molecular complexity index is 1140. The van der Waals surface area contributed by atoms with E-state index in [1.807, 2.05) is 0 Å². The summed E-state index contributed by atoms with van der Waals surface area (Å²) in [5, 5.41) is 11.1. The van der Waals surface area contributed by atoms with E-state index >= 15 is 0 Å². The fourth-order valence-electron chi connectivity index (χ4n) is 2.44. The molecule has 0 saturated heterocycles. The molecule has 0 aliphatic rings. The van der Waals surface area contributed by atoms with Crippen LogP contribution >= 0.6 is 23.4 Å². The zero-order valence-corrected chi connectivity index (χ0v) is 16.2. The second-order valence-electron chi connectivity index (χ2n) is 5.71. The van der Waals surface area contributed by atoms with Crippen LogP contribution in [0, 0.1) is 5.82 Å². The van der Waals surface area contributed by atoms with E-state index < -0.39 is 5.82 Å². The number of rotatable bonds is 6. The van der Waals surface area contributed by atoms with Crippen LogP contribution < -0.4 is 5.32 Å². The van der Waals surface area contributed by atoms with Gasteiger partial charge in [-0.25, -0.2) is 9.37 Å². The van der Waals surface area contributed by atoms with Crippen molar-refractivity contribution in [2.45, 2.75) is 5.16 Å². The van der Waals surface area contributed by atoms with Gasteiger partial charge in [-0.15, -0.1) is 10.2 Å². The predicted molar refractivity (Wildman–Crippen MR) is 106 cm³/mol. The summed E-state index contributed by atoms with van der Waals surface area (Å²) in [6, 6.07) is 10.9. The van der Waals surface area contributed by atoms with Gasteiger partial charge in [-0.05, 0) is 42.5 Å². The van der Waals surface area contributed by atoms with Gasteiger partial charge in [0, 0.05) is 5.69 Å². The van der Waals surface area contributed by atoms with Crippen LogP contribution in [0.5, 0.6) is 0 Å². The fourth-order valence-corrected chi connectivity index (χ4v) is 3.20. The molecular formula is C19H12ClFN4O3S. The Kier molecular flexibility index (Phi) is 5.59. The Morgan fingerprint density at radius 1 is 1.07 bits per heavy atom. The summed E-state index contributed by atoms with van der Waals surface area (Å²) >= 11 is 6.81.